The molecular formula is C18H12Br2N4O2S. The number of amides is 2. The van der Waals surface area contributed by atoms with Gasteiger partial charge in [0.05, 0.1) is 11.4 Å². The van der Waals surface area contributed by atoms with Crippen molar-refractivity contribution in [2.75, 3.05) is 4.90 Å². The van der Waals surface area contributed by atoms with Gasteiger partial charge in [0.25, 0.3) is 0 Å². The third-order valence-electron chi connectivity index (χ3n) is 3.66. The summed E-state index contributed by atoms with van der Waals surface area (Å²) in [5.41, 5.74) is 1.14. The van der Waals surface area contributed by atoms with E-state index in [1.165, 1.54) is 4.90 Å². The number of thioether (sulfide) groups is 1. The summed E-state index contributed by atoms with van der Waals surface area (Å²) in [5.74, 6) is -0.634. The van der Waals surface area contributed by atoms with Crippen molar-refractivity contribution in [1.29, 1.82) is 5.26 Å². The Bertz CT molecular complexity index is 960. The zero-order valence-corrected chi connectivity index (χ0v) is 17.7. The van der Waals surface area contributed by atoms with Crippen molar-refractivity contribution in [3.8, 4) is 6.19 Å². The van der Waals surface area contributed by atoms with E-state index in [-0.39, 0.29) is 23.4 Å². The second kappa shape index (κ2) is 8.69. The molecule has 9 heteroatoms. The van der Waals surface area contributed by atoms with Crippen LogP contribution < -0.4 is 10.2 Å². The molecule has 1 aliphatic heterocycles. The Morgan fingerprint density at radius 2 is 1.96 bits per heavy atom. The Morgan fingerprint density at radius 1 is 1.22 bits per heavy atom. The first-order valence-electron chi connectivity index (χ1n) is 7.77. The monoisotopic (exact) mass is 506 g/mol. The number of anilines is 1. The van der Waals surface area contributed by atoms with Gasteiger partial charge >= 0.3 is 0 Å². The maximum atomic E-state index is 12.8. The van der Waals surface area contributed by atoms with Crippen LogP contribution in [0.4, 0.5) is 11.4 Å². The third kappa shape index (κ3) is 4.58. The van der Waals surface area contributed by atoms with Crippen LogP contribution in [0, 0.1) is 11.5 Å². The van der Waals surface area contributed by atoms with Gasteiger partial charge in [-0.15, -0.1) is 0 Å². The van der Waals surface area contributed by atoms with Crippen molar-refractivity contribution >= 4 is 72.0 Å². The summed E-state index contributed by atoms with van der Waals surface area (Å²) in [7, 11) is 0. The van der Waals surface area contributed by atoms with E-state index in [9.17, 15) is 9.59 Å². The van der Waals surface area contributed by atoms with Gasteiger partial charge in [-0.05, 0) is 46.3 Å². The van der Waals surface area contributed by atoms with Gasteiger partial charge in [-0.3, -0.25) is 14.9 Å². The number of hydrogen-bond donors (Lipinski definition) is 1. The number of amidine groups is 1. The van der Waals surface area contributed by atoms with E-state index in [1.807, 2.05) is 24.4 Å². The lowest BCUT2D eigenvalue weighted by atomic mass is 10.3. The second-order valence-corrected chi connectivity index (χ2v) is 8.42. The summed E-state index contributed by atoms with van der Waals surface area (Å²) >= 11 is 7.81. The molecule has 0 aromatic heterocycles. The summed E-state index contributed by atoms with van der Waals surface area (Å²) in [6.45, 7) is 0. The summed E-state index contributed by atoms with van der Waals surface area (Å²) < 4.78 is 1.47. The van der Waals surface area contributed by atoms with E-state index in [2.05, 4.69) is 42.2 Å². The van der Waals surface area contributed by atoms with E-state index in [1.54, 1.807) is 30.3 Å². The molecule has 1 fully saturated rings. The smallest absolute Gasteiger partial charge is 0.247 e. The molecule has 1 aliphatic rings. The summed E-state index contributed by atoms with van der Waals surface area (Å²) in [6, 6.07) is 14.3. The number of benzene rings is 2. The standard InChI is InChI=1S/C18H12Br2N4O2S/c19-11-6-7-14(13(20)8-11)24-16(25)9-15(17(24)26)27-18(22-10-21)23-12-4-2-1-3-5-12/h1-8,15H,9H2,(H,22,23). The van der Waals surface area contributed by atoms with Gasteiger partial charge in [-0.25, -0.2) is 9.89 Å². The number of para-hydroxylation sites is 1. The van der Waals surface area contributed by atoms with Crippen molar-refractivity contribution in [3.05, 3.63) is 57.5 Å². The van der Waals surface area contributed by atoms with Gasteiger partial charge in [0, 0.05) is 15.4 Å². The molecule has 6 nitrogen and oxygen atoms in total. The number of rotatable bonds is 3. The fourth-order valence-electron chi connectivity index (χ4n) is 2.50. The zero-order chi connectivity index (χ0) is 19.4. The Balaban J connectivity index is 1.83. The first-order valence-corrected chi connectivity index (χ1v) is 10.2. The van der Waals surface area contributed by atoms with Crippen molar-refractivity contribution < 1.29 is 9.59 Å². The van der Waals surface area contributed by atoms with Crippen LogP contribution in [0.15, 0.2) is 62.5 Å². The quantitative estimate of drug-likeness (QED) is 0.219. The fourth-order valence-corrected chi connectivity index (χ4v) is 4.69. The van der Waals surface area contributed by atoms with Gasteiger partial charge in [0.15, 0.2) is 11.4 Å². The summed E-state index contributed by atoms with van der Waals surface area (Å²) in [6.07, 6.45) is 1.86. The van der Waals surface area contributed by atoms with Gasteiger partial charge in [0.1, 0.15) is 5.25 Å². The highest BCUT2D eigenvalue weighted by Crippen LogP contribution is 2.35. The van der Waals surface area contributed by atoms with Gasteiger partial charge in [-0.2, -0.15) is 5.26 Å². The van der Waals surface area contributed by atoms with Crippen LogP contribution in [0.3, 0.4) is 0 Å². The fraction of sp³-hybridized carbons (Fsp3) is 0.111. The number of hydrogen-bond acceptors (Lipinski definition) is 5. The average Bonchev–Trinajstić information content (AvgIpc) is 2.90. The van der Waals surface area contributed by atoms with Crippen LogP contribution >= 0.6 is 43.6 Å². The van der Waals surface area contributed by atoms with Crippen LogP contribution in [0.1, 0.15) is 6.42 Å². The van der Waals surface area contributed by atoms with Crippen molar-refractivity contribution in [2.45, 2.75) is 11.7 Å². The molecule has 2 amide bonds. The van der Waals surface area contributed by atoms with Crippen molar-refractivity contribution in [2.24, 2.45) is 4.99 Å². The zero-order valence-electron chi connectivity index (χ0n) is 13.7. The Kier molecular flexibility index (Phi) is 6.31. The predicted octanol–water partition coefficient (Wildman–Crippen LogP) is 4.34. The van der Waals surface area contributed by atoms with E-state index < -0.39 is 5.25 Å². The van der Waals surface area contributed by atoms with Crippen LogP contribution in [0.5, 0.6) is 0 Å². The number of halogens is 2. The molecule has 1 saturated heterocycles. The van der Waals surface area contributed by atoms with Gasteiger partial charge in [-0.1, -0.05) is 45.9 Å². The normalized spacial score (nSPS) is 17.1. The van der Waals surface area contributed by atoms with E-state index in [0.717, 1.165) is 16.2 Å². The molecule has 0 spiro atoms. The van der Waals surface area contributed by atoms with Gasteiger partial charge < -0.3 is 0 Å². The molecule has 1 heterocycles. The number of imide groups is 1. The molecule has 1 atom stereocenters. The SMILES string of the molecule is N#CNC(=Nc1ccccc1)SC1CC(=O)N(c2ccc(Br)cc2Br)C1=O. The van der Waals surface area contributed by atoms with Crippen LogP contribution in [-0.4, -0.2) is 22.2 Å². The molecule has 27 heavy (non-hydrogen) atoms. The lowest BCUT2D eigenvalue weighted by molar-refractivity contribution is -0.121. The number of aliphatic imine (C=N–C) groups is 1. The molecule has 136 valence electrons. The summed E-state index contributed by atoms with van der Waals surface area (Å²) in [4.78, 5) is 30.8. The van der Waals surface area contributed by atoms with Gasteiger partial charge in [0.2, 0.25) is 11.8 Å². The number of carbonyl (C=O) groups excluding carboxylic acids is 2. The number of nitrogens with zero attached hydrogens (tertiary/aromatic N) is 3. The maximum Gasteiger partial charge on any atom is 0.247 e. The van der Waals surface area contributed by atoms with E-state index >= 15 is 0 Å². The number of nitriles is 1. The first-order chi connectivity index (χ1) is 13.0. The summed E-state index contributed by atoms with van der Waals surface area (Å²) in [5, 5.41) is 11.1. The molecule has 0 saturated carbocycles. The highest BCUT2D eigenvalue weighted by atomic mass is 79.9. The average molecular weight is 508 g/mol. The Labute approximate surface area is 176 Å². The minimum atomic E-state index is -0.656. The molecule has 0 radical (unpaired) electrons. The largest absolute Gasteiger partial charge is 0.274 e. The third-order valence-corrected chi connectivity index (χ3v) is 5.86. The minimum absolute atomic E-state index is 0.0346. The van der Waals surface area contributed by atoms with E-state index in [0.29, 0.717) is 15.8 Å². The molecule has 3 rings (SSSR count). The molecule has 0 bridgehead atoms. The van der Waals surface area contributed by atoms with Crippen LogP contribution in [0.25, 0.3) is 0 Å². The highest BCUT2D eigenvalue weighted by molar-refractivity contribution is 9.11. The van der Waals surface area contributed by atoms with Crippen LogP contribution in [0.2, 0.25) is 0 Å². The van der Waals surface area contributed by atoms with Crippen molar-refractivity contribution in [1.82, 2.24) is 5.32 Å². The Hall–Kier alpha value is -2.15. The first kappa shape index (κ1) is 19.6. The Morgan fingerprint density at radius 3 is 2.63 bits per heavy atom. The molecule has 2 aromatic carbocycles. The molecule has 0 aliphatic carbocycles. The molecular weight excluding hydrogens is 496 g/mol. The molecule has 1 N–H and O–H groups in total. The van der Waals surface area contributed by atoms with Crippen molar-refractivity contribution in [3.63, 3.8) is 0 Å². The highest BCUT2D eigenvalue weighted by Gasteiger charge is 2.41. The predicted molar refractivity (Wildman–Crippen MR) is 113 cm³/mol. The lowest BCUT2D eigenvalue weighted by Gasteiger charge is -2.17. The van der Waals surface area contributed by atoms with Crippen LogP contribution in [-0.2, 0) is 9.59 Å². The number of carbonyl (C=O) groups is 2. The second-order valence-electron chi connectivity index (χ2n) is 5.46. The maximum absolute atomic E-state index is 12.8. The number of nitrogens with one attached hydrogen (secondary N) is 1. The molecule has 2 aromatic rings. The topological polar surface area (TPSA) is 85.6 Å². The minimum Gasteiger partial charge on any atom is -0.274 e. The van der Waals surface area contributed by atoms with E-state index in [4.69, 9.17) is 5.26 Å². The molecule has 1 unspecified atom stereocenters. The lowest BCUT2D eigenvalue weighted by Crippen LogP contribution is -2.32.